The molecular weight excluding hydrogens is 336 g/mol. The number of pyridine rings is 1. The van der Waals surface area contributed by atoms with E-state index in [0.717, 1.165) is 17.7 Å². The van der Waals surface area contributed by atoms with Gasteiger partial charge in [-0.1, -0.05) is 11.6 Å². The van der Waals surface area contributed by atoms with Crippen LogP contribution in [0.2, 0.25) is 5.02 Å². The van der Waals surface area contributed by atoms with Crippen molar-refractivity contribution in [1.29, 1.82) is 0 Å². The van der Waals surface area contributed by atoms with Crippen molar-refractivity contribution in [2.75, 3.05) is 7.11 Å². The first-order valence-electron chi connectivity index (χ1n) is 7.05. The molecule has 0 atom stereocenters. The fraction of sp³-hybridized carbons (Fsp3) is 0.111. The molecule has 1 aromatic heterocycles. The maximum atomic E-state index is 14.3. The molecular formula is C18H12ClF2NO2. The fourth-order valence-electron chi connectivity index (χ4n) is 2.69. The number of carbonyl (C=O) groups excluding carboxylic acids is 1. The minimum atomic E-state index is -0.784. The monoisotopic (exact) mass is 347 g/mol. The first kappa shape index (κ1) is 16.3. The highest BCUT2D eigenvalue weighted by atomic mass is 35.5. The molecule has 3 rings (SSSR count). The average Bonchev–Trinajstić information content (AvgIpc) is 2.53. The van der Waals surface area contributed by atoms with Crippen LogP contribution >= 0.6 is 11.6 Å². The van der Waals surface area contributed by atoms with Crippen molar-refractivity contribution in [1.82, 2.24) is 4.98 Å². The molecule has 0 saturated carbocycles. The van der Waals surface area contributed by atoms with Crippen LogP contribution < -0.4 is 0 Å². The molecule has 1 heterocycles. The van der Waals surface area contributed by atoms with E-state index in [1.54, 1.807) is 25.1 Å². The lowest BCUT2D eigenvalue weighted by Gasteiger charge is -2.12. The minimum Gasteiger partial charge on any atom is -0.465 e. The summed E-state index contributed by atoms with van der Waals surface area (Å²) in [5.74, 6) is -2.06. The maximum Gasteiger partial charge on any atom is 0.337 e. The van der Waals surface area contributed by atoms with E-state index in [0.29, 0.717) is 22.0 Å². The molecule has 0 unspecified atom stereocenters. The number of carbonyl (C=O) groups is 1. The third-order valence-corrected chi connectivity index (χ3v) is 4.03. The molecule has 3 aromatic rings. The van der Waals surface area contributed by atoms with Gasteiger partial charge in [0, 0.05) is 23.2 Å². The Balaban J connectivity index is 2.37. The highest BCUT2D eigenvalue weighted by molar-refractivity contribution is 6.33. The number of hydrogen-bond donors (Lipinski definition) is 0. The lowest BCUT2D eigenvalue weighted by molar-refractivity contribution is 0.0601. The zero-order chi connectivity index (χ0) is 17.4. The summed E-state index contributed by atoms with van der Waals surface area (Å²) in [4.78, 5) is 16.1. The molecule has 3 nitrogen and oxygen atoms in total. The van der Waals surface area contributed by atoms with Gasteiger partial charge in [0.25, 0.3) is 0 Å². The van der Waals surface area contributed by atoms with Gasteiger partial charge in [-0.25, -0.2) is 13.6 Å². The van der Waals surface area contributed by atoms with Crippen molar-refractivity contribution in [3.05, 3.63) is 64.3 Å². The Morgan fingerprint density at radius 1 is 1.21 bits per heavy atom. The van der Waals surface area contributed by atoms with E-state index in [1.807, 2.05) is 0 Å². The predicted molar refractivity (Wildman–Crippen MR) is 88.2 cm³/mol. The number of hydrogen-bond acceptors (Lipinski definition) is 3. The normalized spacial score (nSPS) is 10.9. The highest BCUT2D eigenvalue weighted by Crippen LogP contribution is 2.36. The second-order valence-electron chi connectivity index (χ2n) is 5.28. The number of aromatic nitrogens is 1. The third-order valence-electron chi connectivity index (χ3n) is 3.73. The summed E-state index contributed by atoms with van der Waals surface area (Å²) < 4.78 is 32.4. The number of esters is 1. The minimum absolute atomic E-state index is 0.0545. The van der Waals surface area contributed by atoms with Gasteiger partial charge in [-0.2, -0.15) is 0 Å². The van der Waals surface area contributed by atoms with Crippen LogP contribution in [-0.2, 0) is 4.74 Å². The van der Waals surface area contributed by atoms with Gasteiger partial charge >= 0.3 is 5.97 Å². The van der Waals surface area contributed by atoms with E-state index in [9.17, 15) is 13.6 Å². The standard InChI is InChI=1S/C18H12ClF2NO2/c1-9-5-10(18(23)24-2)6-13-12(3-4-22-17(9)13)16-14(19)7-11(20)8-15(16)21/h3-8H,1-2H3. The Kier molecular flexibility index (Phi) is 4.20. The van der Waals surface area contributed by atoms with Crippen LogP contribution in [0.15, 0.2) is 36.5 Å². The van der Waals surface area contributed by atoms with Gasteiger partial charge in [-0.15, -0.1) is 0 Å². The van der Waals surface area contributed by atoms with Gasteiger partial charge in [0.1, 0.15) is 11.6 Å². The molecule has 0 radical (unpaired) electrons. The van der Waals surface area contributed by atoms with Crippen molar-refractivity contribution < 1.29 is 18.3 Å². The zero-order valence-electron chi connectivity index (χ0n) is 12.9. The third kappa shape index (κ3) is 2.71. The largest absolute Gasteiger partial charge is 0.465 e. The van der Waals surface area contributed by atoms with Crippen molar-refractivity contribution in [3.8, 4) is 11.1 Å². The summed E-state index contributed by atoms with van der Waals surface area (Å²) in [6.45, 7) is 1.79. The number of rotatable bonds is 2. The Bertz CT molecular complexity index is 950. The van der Waals surface area contributed by atoms with E-state index in [-0.39, 0.29) is 10.6 Å². The Hall–Kier alpha value is -2.53. The van der Waals surface area contributed by atoms with Crippen molar-refractivity contribution >= 4 is 28.5 Å². The first-order chi connectivity index (χ1) is 11.4. The smallest absolute Gasteiger partial charge is 0.337 e. The molecule has 6 heteroatoms. The summed E-state index contributed by atoms with van der Waals surface area (Å²) in [5, 5.41) is 0.478. The van der Waals surface area contributed by atoms with E-state index < -0.39 is 17.6 Å². The summed E-state index contributed by atoms with van der Waals surface area (Å²) in [6, 6.07) is 6.60. The fourth-order valence-corrected chi connectivity index (χ4v) is 2.98. The van der Waals surface area contributed by atoms with Crippen molar-refractivity contribution in [3.63, 3.8) is 0 Å². The topological polar surface area (TPSA) is 39.2 Å². The number of benzene rings is 2. The van der Waals surface area contributed by atoms with Crippen molar-refractivity contribution in [2.24, 2.45) is 0 Å². The number of aryl methyl sites for hydroxylation is 1. The molecule has 0 spiro atoms. The summed E-state index contributed by atoms with van der Waals surface area (Å²) in [7, 11) is 1.28. The maximum absolute atomic E-state index is 14.3. The second kappa shape index (κ2) is 6.17. The van der Waals surface area contributed by atoms with Gasteiger partial charge in [0.05, 0.1) is 23.2 Å². The molecule has 0 N–H and O–H groups in total. The van der Waals surface area contributed by atoms with E-state index in [2.05, 4.69) is 4.98 Å². The molecule has 24 heavy (non-hydrogen) atoms. The summed E-state index contributed by atoms with van der Waals surface area (Å²) >= 11 is 6.05. The van der Waals surface area contributed by atoms with Crippen LogP contribution in [-0.4, -0.2) is 18.1 Å². The molecule has 2 aromatic carbocycles. The number of nitrogens with zero attached hydrogens (tertiary/aromatic N) is 1. The van der Waals surface area contributed by atoms with E-state index >= 15 is 0 Å². The van der Waals surface area contributed by atoms with Gasteiger partial charge in [0.2, 0.25) is 0 Å². The van der Waals surface area contributed by atoms with Gasteiger partial charge in [-0.05, 0) is 42.3 Å². The van der Waals surface area contributed by atoms with Crippen LogP contribution in [0.3, 0.4) is 0 Å². The SMILES string of the molecule is COC(=O)c1cc(C)c2nccc(-c3c(F)cc(F)cc3Cl)c2c1. The Labute approximate surface area is 141 Å². The van der Waals surface area contributed by atoms with Crippen LogP contribution in [0, 0.1) is 18.6 Å². The summed E-state index contributed by atoms with van der Waals surface area (Å²) in [5.41, 5.74) is 2.13. The Morgan fingerprint density at radius 2 is 1.96 bits per heavy atom. The van der Waals surface area contributed by atoms with Crippen LogP contribution in [0.5, 0.6) is 0 Å². The molecule has 0 aliphatic carbocycles. The second-order valence-corrected chi connectivity index (χ2v) is 5.69. The molecule has 0 saturated heterocycles. The number of ether oxygens (including phenoxy) is 1. The predicted octanol–water partition coefficient (Wildman–Crippen LogP) is 4.93. The van der Waals surface area contributed by atoms with Gasteiger partial charge in [-0.3, -0.25) is 4.98 Å². The average molecular weight is 348 g/mol. The van der Waals surface area contributed by atoms with Crippen LogP contribution in [0.4, 0.5) is 8.78 Å². The first-order valence-corrected chi connectivity index (χ1v) is 7.42. The van der Waals surface area contributed by atoms with Gasteiger partial charge in [0.15, 0.2) is 0 Å². The molecule has 0 bridgehead atoms. The highest BCUT2D eigenvalue weighted by Gasteiger charge is 2.17. The molecule has 0 amide bonds. The lowest BCUT2D eigenvalue weighted by atomic mass is 9.97. The van der Waals surface area contributed by atoms with Crippen LogP contribution in [0.25, 0.3) is 22.0 Å². The number of fused-ring (bicyclic) bond motifs is 1. The molecule has 122 valence electrons. The number of halogens is 3. The van der Waals surface area contributed by atoms with Crippen molar-refractivity contribution in [2.45, 2.75) is 6.92 Å². The molecule has 0 aliphatic rings. The van der Waals surface area contributed by atoms with E-state index in [1.165, 1.54) is 13.3 Å². The molecule has 0 aliphatic heterocycles. The van der Waals surface area contributed by atoms with E-state index in [4.69, 9.17) is 16.3 Å². The quantitative estimate of drug-likeness (QED) is 0.617. The number of methoxy groups -OCH3 is 1. The lowest BCUT2D eigenvalue weighted by Crippen LogP contribution is -2.02. The zero-order valence-corrected chi connectivity index (χ0v) is 13.6. The van der Waals surface area contributed by atoms with Crippen LogP contribution in [0.1, 0.15) is 15.9 Å². The molecule has 0 fully saturated rings. The van der Waals surface area contributed by atoms with Gasteiger partial charge < -0.3 is 4.74 Å². The summed E-state index contributed by atoms with van der Waals surface area (Å²) in [6.07, 6.45) is 1.52. The Morgan fingerprint density at radius 3 is 2.62 bits per heavy atom.